The number of halogens is 1. The summed E-state index contributed by atoms with van der Waals surface area (Å²) in [5.41, 5.74) is 0.348. The smallest absolute Gasteiger partial charge is 0.328 e. The van der Waals surface area contributed by atoms with Gasteiger partial charge < -0.3 is 24.3 Å². The van der Waals surface area contributed by atoms with Crippen molar-refractivity contribution in [1.29, 1.82) is 0 Å². The Kier molecular flexibility index (Phi) is 4.32. The molecular formula is C15H13FN2O6. The highest BCUT2D eigenvalue weighted by atomic mass is 19.1. The molecule has 0 radical (unpaired) electrons. The SMILES string of the molecule is O=C(NC(CF)C(=O)O)c1ncoc1-c1ccc2c(c1)OCCO2. The molecule has 1 aromatic heterocycles. The summed E-state index contributed by atoms with van der Waals surface area (Å²) < 4.78 is 28.8. The summed E-state index contributed by atoms with van der Waals surface area (Å²) in [6.45, 7) is -0.391. The number of hydrogen-bond acceptors (Lipinski definition) is 6. The van der Waals surface area contributed by atoms with Gasteiger partial charge in [0.25, 0.3) is 5.91 Å². The minimum absolute atomic E-state index is 0.118. The first-order valence-electron chi connectivity index (χ1n) is 7.03. The van der Waals surface area contributed by atoms with Gasteiger partial charge in [-0.2, -0.15) is 0 Å². The number of fused-ring (bicyclic) bond motifs is 1. The van der Waals surface area contributed by atoms with Crippen molar-refractivity contribution in [3.63, 3.8) is 0 Å². The first-order valence-corrected chi connectivity index (χ1v) is 7.03. The molecule has 1 aromatic carbocycles. The monoisotopic (exact) mass is 336 g/mol. The number of alkyl halides is 1. The summed E-state index contributed by atoms with van der Waals surface area (Å²) in [7, 11) is 0. The van der Waals surface area contributed by atoms with Crippen molar-refractivity contribution in [3.05, 3.63) is 30.3 Å². The first-order chi connectivity index (χ1) is 11.6. The molecule has 0 aliphatic carbocycles. The molecule has 2 heterocycles. The van der Waals surface area contributed by atoms with Gasteiger partial charge in [0.05, 0.1) is 0 Å². The summed E-state index contributed by atoms with van der Waals surface area (Å²) >= 11 is 0. The molecule has 1 amide bonds. The van der Waals surface area contributed by atoms with Crippen molar-refractivity contribution in [2.24, 2.45) is 0 Å². The van der Waals surface area contributed by atoms with E-state index in [0.717, 1.165) is 6.39 Å². The Balaban J connectivity index is 1.87. The van der Waals surface area contributed by atoms with E-state index in [-0.39, 0.29) is 11.5 Å². The van der Waals surface area contributed by atoms with Crippen LogP contribution in [-0.2, 0) is 4.79 Å². The van der Waals surface area contributed by atoms with E-state index in [9.17, 15) is 14.0 Å². The molecule has 24 heavy (non-hydrogen) atoms. The molecule has 3 rings (SSSR count). The summed E-state index contributed by atoms with van der Waals surface area (Å²) in [6, 6.07) is 3.28. The first kappa shape index (κ1) is 15.8. The molecule has 1 aliphatic rings. The molecule has 126 valence electrons. The highest BCUT2D eigenvalue weighted by Crippen LogP contribution is 2.35. The Labute approximate surface area is 135 Å². The number of oxazole rings is 1. The zero-order valence-corrected chi connectivity index (χ0v) is 12.3. The van der Waals surface area contributed by atoms with Crippen LogP contribution in [0.1, 0.15) is 10.5 Å². The van der Waals surface area contributed by atoms with Gasteiger partial charge in [-0.15, -0.1) is 0 Å². The number of amides is 1. The number of rotatable bonds is 5. The third kappa shape index (κ3) is 3.00. The van der Waals surface area contributed by atoms with Crippen molar-refractivity contribution >= 4 is 11.9 Å². The third-order valence-corrected chi connectivity index (χ3v) is 3.34. The van der Waals surface area contributed by atoms with E-state index in [2.05, 4.69) is 4.98 Å². The van der Waals surface area contributed by atoms with Gasteiger partial charge in [0.1, 0.15) is 19.9 Å². The van der Waals surface area contributed by atoms with Crippen LogP contribution in [0.25, 0.3) is 11.3 Å². The van der Waals surface area contributed by atoms with E-state index < -0.39 is 24.6 Å². The van der Waals surface area contributed by atoms with Crippen molar-refractivity contribution in [3.8, 4) is 22.8 Å². The molecule has 9 heteroatoms. The Morgan fingerprint density at radius 1 is 1.29 bits per heavy atom. The van der Waals surface area contributed by atoms with Crippen LogP contribution in [-0.4, -0.2) is 47.9 Å². The van der Waals surface area contributed by atoms with E-state index in [1.807, 2.05) is 5.32 Å². The fourth-order valence-electron chi connectivity index (χ4n) is 2.19. The number of aromatic nitrogens is 1. The van der Waals surface area contributed by atoms with Crippen LogP contribution in [0.3, 0.4) is 0 Å². The van der Waals surface area contributed by atoms with Crippen molar-refractivity contribution in [1.82, 2.24) is 10.3 Å². The molecule has 1 atom stereocenters. The Hall–Kier alpha value is -3.10. The summed E-state index contributed by atoms with van der Waals surface area (Å²) in [5, 5.41) is 10.9. The number of hydrogen-bond donors (Lipinski definition) is 2. The molecular weight excluding hydrogens is 323 g/mol. The lowest BCUT2D eigenvalue weighted by atomic mass is 10.1. The maximum atomic E-state index is 12.7. The largest absolute Gasteiger partial charge is 0.486 e. The molecule has 2 aromatic rings. The molecule has 2 N–H and O–H groups in total. The molecule has 0 saturated carbocycles. The molecule has 0 spiro atoms. The van der Waals surface area contributed by atoms with Gasteiger partial charge in [0.15, 0.2) is 35.4 Å². The number of carboxylic acids is 1. The van der Waals surface area contributed by atoms with Gasteiger partial charge >= 0.3 is 5.97 Å². The van der Waals surface area contributed by atoms with Crippen molar-refractivity contribution in [2.75, 3.05) is 19.9 Å². The molecule has 0 saturated heterocycles. The van der Waals surface area contributed by atoms with Crippen LogP contribution in [0.2, 0.25) is 0 Å². The fourth-order valence-corrected chi connectivity index (χ4v) is 2.19. The second-order valence-corrected chi connectivity index (χ2v) is 4.91. The van der Waals surface area contributed by atoms with Crippen LogP contribution in [0.5, 0.6) is 11.5 Å². The highest BCUT2D eigenvalue weighted by Gasteiger charge is 2.25. The number of aliphatic carboxylic acids is 1. The van der Waals surface area contributed by atoms with Crippen LogP contribution in [0.15, 0.2) is 29.0 Å². The van der Waals surface area contributed by atoms with Gasteiger partial charge in [-0.05, 0) is 18.2 Å². The predicted molar refractivity (Wildman–Crippen MR) is 77.8 cm³/mol. The quantitative estimate of drug-likeness (QED) is 0.845. The number of nitrogens with one attached hydrogen (secondary N) is 1. The lowest BCUT2D eigenvalue weighted by Crippen LogP contribution is -2.42. The van der Waals surface area contributed by atoms with Gasteiger partial charge in [-0.25, -0.2) is 14.2 Å². The lowest BCUT2D eigenvalue weighted by molar-refractivity contribution is -0.139. The van der Waals surface area contributed by atoms with Crippen molar-refractivity contribution < 1.29 is 33.0 Å². The second-order valence-electron chi connectivity index (χ2n) is 4.91. The van der Waals surface area contributed by atoms with Gasteiger partial charge in [0.2, 0.25) is 0 Å². The maximum Gasteiger partial charge on any atom is 0.328 e. The highest BCUT2D eigenvalue weighted by molar-refractivity contribution is 5.99. The Morgan fingerprint density at radius 2 is 2.04 bits per heavy atom. The third-order valence-electron chi connectivity index (χ3n) is 3.34. The normalized spacial score (nSPS) is 14.0. The summed E-state index contributed by atoms with van der Waals surface area (Å²) in [6.07, 6.45) is 1.05. The zero-order valence-electron chi connectivity index (χ0n) is 12.3. The topological polar surface area (TPSA) is 111 Å². The lowest BCUT2D eigenvalue weighted by Gasteiger charge is -2.18. The molecule has 1 unspecified atom stereocenters. The Bertz CT molecular complexity index is 775. The number of nitrogens with zero attached hydrogens (tertiary/aromatic N) is 1. The predicted octanol–water partition coefficient (Wildman–Crippen LogP) is 1.27. The minimum Gasteiger partial charge on any atom is -0.486 e. The standard InChI is InChI=1S/C15H13FN2O6/c16-6-9(15(20)21)18-14(19)12-13(24-7-17-12)8-1-2-10-11(5-8)23-4-3-22-10/h1-2,5,7,9H,3-4,6H2,(H,18,19)(H,20,21). The average molecular weight is 336 g/mol. The maximum absolute atomic E-state index is 12.7. The number of ether oxygens (including phenoxy) is 2. The number of carboxylic acid groups (broad SMARTS) is 1. The van der Waals surface area contributed by atoms with Crippen LogP contribution >= 0.6 is 0 Å². The Morgan fingerprint density at radius 3 is 2.75 bits per heavy atom. The van der Waals surface area contributed by atoms with E-state index in [1.54, 1.807) is 18.2 Å². The van der Waals surface area contributed by atoms with Gasteiger partial charge in [0, 0.05) is 5.56 Å². The molecule has 8 nitrogen and oxygen atoms in total. The van der Waals surface area contributed by atoms with Crippen LogP contribution in [0, 0.1) is 0 Å². The zero-order chi connectivity index (χ0) is 17.1. The number of benzene rings is 1. The summed E-state index contributed by atoms with van der Waals surface area (Å²) in [4.78, 5) is 26.7. The second kappa shape index (κ2) is 6.57. The fraction of sp³-hybridized carbons (Fsp3) is 0.267. The van der Waals surface area contributed by atoms with Gasteiger partial charge in [-0.1, -0.05) is 0 Å². The molecule has 1 aliphatic heterocycles. The van der Waals surface area contributed by atoms with Crippen LogP contribution < -0.4 is 14.8 Å². The van der Waals surface area contributed by atoms with E-state index in [0.29, 0.717) is 30.3 Å². The van der Waals surface area contributed by atoms with E-state index in [4.69, 9.17) is 19.0 Å². The average Bonchev–Trinajstić information content (AvgIpc) is 3.08. The van der Waals surface area contributed by atoms with Gasteiger partial charge in [-0.3, -0.25) is 4.79 Å². The van der Waals surface area contributed by atoms with E-state index >= 15 is 0 Å². The van der Waals surface area contributed by atoms with Crippen LogP contribution in [0.4, 0.5) is 4.39 Å². The van der Waals surface area contributed by atoms with Crippen molar-refractivity contribution in [2.45, 2.75) is 6.04 Å². The number of carbonyl (C=O) groups is 2. The minimum atomic E-state index is -1.65. The molecule has 0 fully saturated rings. The van der Waals surface area contributed by atoms with E-state index in [1.165, 1.54) is 0 Å². The summed E-state index contributed by atoms with van der Waals surface area (Å²) in [5.74, 6) is -1.14. The molecule has 0 bridgehead atoms. The number of carbonyl (C=O) groups excluding carboxylic acids is 1.